The molecule has 2 amide bonds. The summed E-state index contributed by atoms with van der Waals surface area (Å²) in [6.45, 7) is 1.76. The Bertz CT molecular complexity index is 1070. The van der Waals surface area contributed by atoms with Gasteiger partial charge in [0.05, 0.1) is 19.4 Å². The lowest BCUT2D eigenvalue weighted by Gasteiger charge is -2.26. The normalized spacial score (nSPS) is 22.4. The van der Waals surface area contributed by atoms with Crippen LogP contribution in [-0.2, 0) is 24.7 Å². The fourth-order valence-corrected chi connectivity index (χ4v) is 3.92. The molecule has 1 N–H and O–H groups in total. The van der Waals surface area contributed by atoms with Gasteiger partial charge in [-0.15, -0.1) is 0 Å². The average Bonchev–Trinajstić information content (AvgIpc) is 3.25. The Morgan fingerprint density at radius 3 is 2.63 bits per heavy atom. The van der Waals surface area contributed by atoms with Gasteiger partial charge in [0.1, 0.15) is 11.7 Å². The molecule has 0 radical (unpaired) electrons. The number of rotatable bonds is 5. The van der Waals surface area contributed by atoms with E-state index in [9.17, 15) is 14.4 Å². The number of carbonyl (C=O) groups excluding carboxylic acids is 3. The van der Waals surface area contributed by atoms with Gasteiger partial charge < -0.3 is 9.47 Å². The zero-order valence-electron chi connectivity index (χ0n) is 16.2. The van der Waals surface area contributed by atoms with Gasteiger partial charge >= 0.3 is 5.97 Å². The molecule has 1 saturated heterocycles. The number of hydrazone groups is 1. The highest BCUT2D eigenvalue weighted by Gasteiger charge is 2.67. The van der Waals surface area contributed by atoms with Crippen molar-refractivity contribution in [3.63, 3.8) is 0 Å². The van der Waals surface area contributed by atoms with Gasteiger partial charge in [-0.3, -0.25) is 15.0 Å². The Morgan fingerprint density at radius 2 is 1.97 bits per heavy atom. The Morgan fingerprint density at radius 1 is 1.23 bits per heavy atom. The zero-order chi connectivity index (χ0) is 21.5. The maximum atomic E-state index is 13.7. The Kier molecular flexibility index (Phi) is 4.95. The SMILES string of the molecule is CCOC(=O)C1=NN[C@]2(c3ccc(Cl)cc3)C(=O)N(c3cccc(OC)c3)C(=O)[C@@H]12. The second-order valence-electron chi connectivity index (χ2n) is 6.76. The Labute approximate surface area is 177 Å². The van der Waals surface area contributed by atoms with Crippen molar-refractivity contribution in [3.05, 3.63) is 59.1 Å². The maximum Gasteiger partial charge on any atom is 0.355 e. The van der Waals surface area contributed by atoms with Gasteiger partial charge in [0.15, 0.2) is 11.3 Å². The van der Waals surface area contributed by atoms with Crippen LogP contribution in [0.25, 0.3) is 0 Å². The van der Waals surface area contributed by atoms with Gasteiger partial charge in [-0.25, -0.2) is 9.69 Å². The van der Waals surface area contributed by atoms with Crippen LogP contribution in [0.5, 0.6) is 5.75 Å². The number of hydrogen-bond donors (Lipinski definition) is 1. The molecule has 2 aromatic rings. The van der Waals surface area contributed by atoms with E-state index in [1.54, 1.807) is 55.5 Å². The summed E-state index contributed by atoms with van der Waals surface area (Å²) in [6.07, 6.45) is 0. The highest BCUT2D eigenvalue weighted by atomic mass is 35.5. The zero-order valence-corrected chi connectivity index (χ0v) is 17.0. The van der Waals surface area contributed by atoms with E-state index in [2.05, 4.69) is 10.5 Å². The van der Waals surface area contributed by atoms with Gasteiger partial charge in [-0.1, -0.05) is 29.8 Å². The molecular formula is C21H18ClN3O5. The summed E-state index contributed by atoms with van der Waals surface area (Å²) in [5, 5.41) is 4.51. The molecule has 0 bridgehead atoms. The lowest BCUT2D eigenvalue weighted by Crippen LogP contribution is -2.48. The van der Waals surface area contributed by atoms with Crippen molar-refractivity contribution in [1.29, 1.82) is 0 Å². The van der Waals surface area contributed by atoms with Gasteiger partial charge in [-0.2, -0.15) is 5.10 Å². The van der Waals surface area contributed by atoms with Crippen LogP contribution in [0.2, 0.25) is 5.02 Å². The van der Waals surface area contributed by atoms with Gasteiger partial charge in [0.25, 0.3) is 5.91 Å². The molecule has 9 heteroatoms. The molecule has 0 aromatic heterocycles. The number of esters is 1. The second kappa shape index (κ2) is 7.46. The molecule has 1 fully saturated rings. The summed E-state index contributed by atoms with van der Waals surface area (Å²) in [6, 6.07) is 13.1. The van der Waals surface area contributed by atoms with E-state index in [0.29, 0.717) is 22.0 Å². The smallest absolute Gasteiger partial charge is 0.355 e. The number of anilines is 1. The van der Waals surface area contributed by atoms with E-state index in [0.717, 1.165) is 4.90 Å². The lowest BCUT2D eigenvalue weighted by atomic mass is 9.79. The first kappa shape index (κ1) is 19.9. The monoisotopic (exact) mass is 427 g/mol. The number of nitrogens with one attached hydrogen (secondary N) is 1. The highest BCUT2D eigenvalue weighted by Crippen LogP contribution is 2.45. The second-order valence-corrected chi connectivity index (χ2v) is 7.19. The van der Waals surface area contributed by atoms with Gasteiger partial charge in [0.2, 0.25) is 5.91 Å². The molecule has 2 heterocycles. The topological polar surface area (TPSA) is 97.3 Å². The van der Waals surface area contributed by atoms with E-state index in [1.807, 2.05) is 0 Å². The summed E-state index contributed by atoms with van der Waals surface area (Å²) >= 11 is 6.00. The van der Waals surface area contributed by atoms with Crippen molar-refractivity contribution < 1.29 is 23.9 Å². The number of methoxy groups -OCH3 is 1. The van der Waals surface area contributed by atoms with Crippen LogP contribution in [0.3, 0.4) is 0 Å². The van der Waals surface area contributed by atoms with Crippen molar-refractivity contribution >= 4 is 40.8 Å². The van der Waals surface area contributed by atoms with Crippen molar-refractivity contribution in [2.45, 2.75) is 12.5 Å². The molecular weight excluding hydrogens is 410 g/mol. The minimum absolute atomic E-state index is 0.111. The van der Waals surface area contributed by atoms with Crippen LogP contribution in [0, 0.1) is 5.92 Å². The molecule has 8 nitrogen and oxygen atoms in total. The number of benzene rings is 2. The third kappa shape index (κ3) is 2.83. The first-order valence-corrected chi connectivity index (χ1v) is 9.62. The molecule has 154 valence electrons. The largest absolute Gasteiger partial charge is 0.497 e. The summed E-state index contributed by atoms with van der Waals surface area (Å²) in [5.74, 6) is -2.59. The van der Waals surface area contributed by atoms with Crippen LogP contribution < -0.4 is 15.1 Å². The van der Waals surface area contributed by atoms with E-state index < -0.39 is 29.2 Å². The molecule has 2 aliphatic heterocycles. The van der Waals surface area contributed by atoms with E-state index in [1.165, 1.54) is 7.11 Å². The maximum absolute atomic E-state index is 13.7. The van der Waals surface area contributed by atoms with Crippen molar-refractivity contribution in [2.75, 3.05) is 18.6 Å². The highest BCUT2D eigenvalue weighted by molar-refractivity contribution is 6.47. The first-order chi connectivity index (χ1) is 14.4. The van der Waals surface area contributed by atoms with Crippen LogP contribution in [0.15, 0.2) is 53.6 Å². The number of amides is 2. The quantitative estimate of drug-likeness (QED) is 0.580. The standard InChI is InChI=1S/C21H18ClN3O5/c1-3-30-19(27)17-16-18(26)25(14-5-4-6-15(11-14)29-2)20(28)21(16,24-23-17)12-7-9-13(22)10-8-12/h4-11,16,24H,3H2,1-2H3/t16-,21+/m1/s1. The van der Waals surface area contributed by atoms with Gasteiger partial charge in [0, 0.05) is 11.1 Å². The summed E-state index contributed by atoms with van der Waals surface area (Å²) < 4.78 is 10.3. The lowest BCUT2D eigenvalue weighted by molar-refractivity contribution is -0.136. The molecule has 0 saturated carbocycles. The summed E-state index contributed by atoms with van der Waals surface area (Å²) in [7, 11) is 1.49. The number of hydrogen-bond acceptors (Lipinski definition) is 7. The molecule has 0 aliphatic carbocycles. The van der Waals surface area contributed by atoms with Crippen molar-refractivity contribution in [1.82, 2.24) is 5.43 Å². The Balaban J connectivity index is 1.86. The number of nitrogens with zero attached hydrogens (tertiary/aromatic N) is 2. The number of carbonyl (C=O) groups is 3. The molecule has 0 unspecified atom stereocenters. The van der Waals surface area contributed by atoms with E-state index >= 15 is 0 Å². The average molecular weight is 428 g/mol. The predicted octanol–water partition coefficient (Wildman–Crippen LogP) is 2.26. The third-order valence-electron chi connectivity index (χ3n) is 5.16. The summed E-state index contributed by atoms with van der Waals surface area (Å²) in [5.41, 5.74) is 1.84. The predicted molar refractivity (Wildman–Crippen MR) is 109 cm³/mol. The van der Waals surface area contributed by atoms with Crippen molar-refractivity contribution in [2.24, 2.45) is 11.0 Å². The fraction of sp³-hybridized carbons (Fsp3) is 0.238. The van der Waals surface area contributed by atoms with Crippen molar-refractivity contribution in [3.8, 4) is 5.75 Å². The fourth-order valence-electron chi connectivity index (χ4n) is 3.79. The van der Waals surface area contributed by atoms with E-state index in [4.69, 9.17) is 21.1 Å². The van der Waals surface area contributed by atoms with Crippen LogP contribution in [0.4, 0.5) is 5.69 Å². The van der Waals surface area contributed by atoms with Crippen LogP contribution in [-0.4, -0.2) is 37.2 Å². The minimum atomic E-state index is -1.58. The van der Waals surface area contributed by atoms with Crippen LogP contribution >= 0.6 is 11.6 Å². The molecule has 4 rings (SSSR count). The molecule has 2 aromatic carbocycles. The number of imide groups is 1. The minimum Gasteiger partial charge on any atom is -0.497 e. The molecule has 30 heavy (non-hydrogen) atoms. The van der Waals surface area contributed by atoms with E-state index in [-0.39, 0.29) is 12.3 Å². The Hall–Kier alpha value is -3.39. The number of halogens is 1. The molecule has 2 atom stereocenters. The first-order valence-electron chi connectivity index (χ1n) is 9.24. The number of fused-ring (bicyclic) bond motifs is 1. The summed E-state index contributed by atoms with van der Waals surface area (Å²) in [4.78, 5) is 40.7. The van der Waals surface area contributed by atoms with Gasteiger partial charge in [-0.05, 0) is 36.8 Å². The number of ether oxygens (including phenoxy) is 2. The molecule has 0 spiro atoms. The third-order valence-corrected chi connectivity index (χ3v) is 5.41. The molecule has 2 aliphatic rings. The van der Waals surface area contributed by atoms with Crippen LogP contribution in [0.1, 0.15) is 12.5 Å².